The maximum atomic E-state index is 14.2. The third-order valence-electron chi connectivity index (χ3n) is 6.05. The monoisotopic (exact) mass is 540 g/mol. The summed E-state index contributed by atoms with van der Waals surface area (Å²) in [7, 11) is 0. The van der Waals surface area contributed by atoms with Gasteiger partial charge in [-0.25, -0.2) is 13.6 Å². The Kier molecular flexibility index (Phi) is 9.03. The lowest BCUT2D eigenvalue weighted by Gasteiger charge is -2.26. The molecular weight excluding hydrogens is 514 g/mol. The van der Waals surface area contributed by atoms with Crippen LogP contribution in [0.3, 0.4) is 0 Å². The van der Waals surface area contributed by atoms with Gasteiger partial charge < -0.3 is 10.0 Å². The van der Waals surface area contributed by atoms with Crippen LogP contribution in [-0.2, 0) is 11.2 Å². The lowest BCUT2D eigenvalue weighted by Crippen LogP contribution is -2.10. The average Bonchev–Trinajstić information content (AvgIpc) is 3.40. The Morgan fingerprint density at radius 1 is 0.897 bits per heavy atom. The van der Waals surface area contributed by atoms with Crippen molar-refractivity contribution in [2.24, 2.45) is 0 Å². The summed E-state index contributed by atoms with van der Waals surface area (Å²) in [5, 5.41) is 18.0. The topological polar surface area (TPSA) is 64.3 Å². The van der Waals surface area contributed by atoms with Crippen molar-refractivity contribution in [3.63, 3.8) is 0 Å². The fourth-order valence-corrected chi connectivity index (χ4v) is 4.85. The first-order chi connectivity index (χ1) is 18.9. The summed E-state index contributed by atoms with van der Waals surface area (Å²) in [6.07, 6.45) is 8.39. The molecule has 196 valence electrons. The number of carbonyl (C=O) groups is 1. The van der Waals surface area contributed by atoms with Crippen molar-refractivity contribution >= 4 is 52.6 Å². The molecule has 0 aliphatic rings. The zero-order chi connectivity index (χ0) is 27.8. The van der Waals surface area contributed by atoms with Crippen molar-refractivity contribution in [2.45, 2.75) is 26.2 Å². The van der Waals surface area contributed by atoms with E-state index in [1.54, 1.807) is 18.2 Å². The van der Waals surface area contributed by atoms with Crippen LogP contribution in [0.5, 0.6) is 0 Å². The van der Waals surface area contributed by atoms with Crippen LogP contribution >= 0.6 is 11.3 Å². The van der Waals surface area contributed by atoms with Gasteiger partial charge in [-0.3, -0.25) is 0 Å². The van der Waals surface area contributed by atoms with Crippen LogP contribution < -0.4 is 4.90 Å². The first-order valence-electron chi connectivity index (χ1n) is 12.4. The summed E-state index contributed by atoms with van der Waals surface area (Å²) in [4.78, 5) is 14.5. The molecule has 0 fully saturated rings. The van der Waals surface area contributed by atoms with Gasteiger partial charge in [0.2, 0.25) is 0 Å². The third-order valence-corrected chi connectivity index (χ3v) is 7.05. The van der Waals surface area contributed by atoms with Gasteiger partial charge in [-0.1, -0.05) is 43.7 Å². The first kappa shape index (κ1) is 27.5. The van der Waals surface area contributed by atoms with E-state index in [9.17, 15) is 13.6 Å². The zero-order valence-electron chi connectivity index (χ0n) is 21.3. The highest BCUT2D eigenvalue weighted by molar-refractivity contribution is 7.13. The van der Waals surface area contributed by atoms with Crippen molar-refractivity contribution < 1.29 is 18.7 Å². The maximum absolute atomic E-state index is 14.2. The van der Waals surface area contributed by atoms with E-state index >= 15 is 0 Å². The van der Waals surface area contributed by atoms with Crippen molar-refractivity contribution in [1.82, 2.24) is 0 Å². The largest absolute Gasteiger partial charge is 0.477 e. The highest BCUT2D eigenvalue weighted by atomic mass is 32.1. The smallest absolute Gasteiger partial charge is 0.346 e. The molecule has 0 radical (unpaired) electrons. The molecule has 39 heavy (non-hydrogen) atoms. The number of nitrogens with zero attached hydrogens (tertiary/aromatic N) is 2. The van der Waals surface area contributed by atoms with E-state index in [0.717, 1.165) is 47.1 Å². The van der Waals surface area contributed by atoms with E-state index in [4.69, 9.17) is 10.4 Å². The molecule has 4 aromatic rings. The minimum atomic E-state index is -1.26. The Bertz CT molecular complexity index is 1550. The van der Waals surface area contributed by atoms with Gasteiger partial charge in [-0.2, -0.15) is 5.26 Å². The summed E-state index contributed by atoms with van der Waals surface area (Å²) in [5.74, 6) is -3.06. The Labute approximate surface area is 230 Å². The fourth-order valence-electron chi connectivity index (χ4n) is 4.00. The van der Waals surface area contributed by atoms with Crippen molar-refractivity contribution in [3.8, 4) is 6.07 Å². The van der Waals surface area contributed by atoms with Gasteiger partial charge in [-0.15, -0.1) is 11.3 Å². The van der Waals surface area contributed by atoms with Crippen LogP contribution in [0, 0.1) is 23.0 Å². The number of thiophene rings is 1. The molecule has 7 heteroatoms. The Morgan fingerprint density at radius 2 is 1.54 bits per heavy atom. The molecule has 0 saturated carbocycles. The first-order valence-corrected chi connectivity index (χ1v) is 13.3. The second-order valence-corrected chi connectivity index (χ2v) is 9.99. The number of unbranched alkanes of at least 4 members (excludes halogenated alkanes) is 1. The van der Waals surface area contributed by atoms with E-state index in [-0.39, 0.29) is 5.57 Å². The summed E-state index contributed by atoms with van der Waals surface area (Å²) >= 11 is 1.37. The highest BCUT2D eigenvalue weighted by Crippen LogP contribution is 2.35. The van der Waals surface area contributed by atoms with Gasteiger partial charge >= 0.3 is 5.97 Å². The van der Waals surface area contributed by atoms with Gasteiger partial charge in [0.15, 0.2) is 11.6 Å². The molecule has 0 bridgehead atoms. The number of carboxylic acids is 1. The van der Waals surface area contributed by atoms with Crippen molar-refractivity contribution in [1.29, 1.82) is 5.26 Å². The predicted octanol–water partition coefficient (Wildman–Crippen LogP) is 9.00. The maximum Gasteiger partial charge on any atom is 0.346 e. The van der Waals surface area contributed by atoms with Crippen LogP contribution in [0.15, 0.2) is 84.4 Å². The second-order valence-electron chi connectivity index (χ2n) is 8.84. The quantitative estimate of drug-likeness (QED) is 0.161. The molecular formula is C32H26F2N2O2S. The lowest BCUT2D eigenvalue weighted by atomic mass is 10.1. The molecule has 4 nitrogen and oxygen atoms in total. The number of carboxylic acid groups (broad SMARTS) is 1. The van der Waals surface area contributed by atoms with E-state index in [1.807, 2.05) is 59.5 Å². The molecule has 0 spiro atoms. The minimum Gasteiger partial charge on any atom is -0.477 e. The average molecular weight is 541 g/mol. The van der Waals surface area contributed by atoms with Gasteiger partial charge in [0.05, 0.1) is 0 Å². The number of hydrogen-bond acceptors (Lipinski definition) is 4. The minimum absolute atomic E-state index is 0.316. The molecule has 0 aliphatic carbocycles. The Balaban J connectivity index is 1.59. The van der Waals surface area contributed by atoms with Gasteiger partial charge in [0.1, 0.15) is 11.6 Å². The highest BCUT2D eigenvalue weighted by Gasteiger charge is 2.15. The number of nitriles is 1. The van der Waals surface area contributed by atoms with Crippen LogP contribution in [0.25, 0.3) is 18.2 Å². The zero-order valence-corrected chi connectivity index (χ0v) is 22.1. The number of halogens is 2. The molecule has 1 heterocycles. The van der Waals surface area contributed by atoms with Gasteiger partial charge in [0, 0.05) is 32.9 Å². The molecule has 0 unspecified atom stereocenters. The lowest BCUT2D eigenvalue weighted by molar-refractivity contribution is -0.132. The Morgan fingerprint density at radius 3 is 2.15 bits per heavy atom. The van der Waals surface area contributed by atoms with E-state index in [0.29, 0.717) is 10.6 Å². The fraction of sp³-hybridized carbons (Fsp3) is 0.125. The van der Waals surface area contributed by atoms with Crippen molar-refractivity contribution in [2.75, 3.05) is 4.90 Å². The number of aliphatic carboxylic acids is 1. The van der Waals surface area contributed by atoms with E-state index < -0.39 is 17.6 Å². The summed E-state index contributed by atoms with van der Waals surface area (Å²) in [6, 6.07) is 25.0. The van der Waals surface area contributed by atoms with Crippen LogP contribution in [-0.4, -0.2) is 11.1 Å². The molecule has 1 N–H and O–H groups in total. The molecule has 0 saturated heterocycles. The predicted molar refractivity (Wildman–Crippen MR) is 154 cm³/mol. The summed E-state index contributed by atoms with van der Waals surface area (Å²) in [5.41, 5.74) is 3.97. The standard InChI is InChI=1S/C32H26F2N2O2S/c1-2-3-4-22-5-10-25(11-6-22)36(27-14-18-30(33)31(34)20-27)26-12-7-23(8-13-26)9-15-28-16-17-29(39-28)19-24(21-35)32(37)38/h5-20H,2-4H2,1H3,(H,37,38)/b15-9+,24-19-. The normalized spacial score (nSPS) is 11.5. The number of rotatable bonds is 10. The number of hydrogen-bond donors (Lipinski definition) is 1. The third kappa shape index (κ3) is 7.07. The summed E-state index contributed by atoms with van der Waals surface area (Å²) < 4.78 is 27.9. The summed E-state index contributed by atoms with van der Waals surface area (Å²) in [6.45, 7) is 2.15. The number of benzene rings is 3. The molecule has 1 aromatic heterocycles. The van der Waals surface area contributed by atoms with Crippen LogP contribution in [0.1, 0.15) is 40.6 Å². The van der Waals surface area contributed by atoms with Gasteiger partial charge in [-0.05, 0) is 84.7 Å². The molecule has 0 aliphatic heterocycles. The number of anilines is 3. The Hall–Kier alpha value is -4.54. The van der Waals surface area contributed by atoms with E-state index in [2.05, 4.69) is 19.1 Å². The van der Waals surface area contributed by atoms with Crippen LogP contribution in [0.2, 0.25) is 0 Å². The van der Waals surface area contributed by atoms with Crippen LogP contribution in [0.4, 0.5) is 25.8 Å². The van der Waals surface area contributed by atoms with Crippen molar-refractivity contribution in [3.05, 3.63) is 117 Å². The number of aryl methyl sites for hydroxylation is 1. The molecule has 0 atom stereocenters. The van der Waals surface area contributed by atoms with E-state index in [1.165, 1.54) is 29.0 Å². The molecule has 4 rings (SSSR count). The van der Waals surface area contributed by atoms with Gasteiger partial charge in [0.25, 0.3) is 0 Å². The molecule has 3 aromatic carbocycles. The molecule has 0 amide bonds. The SMILES string of the molecule is CCCCc1ccc(N(c2ccc(/C=C/c3ccc(/C=C(/C#N)C(=O)O)s3)cc2)c2ccc(F)c(F)c2)cc1. The second kappa shape index (κ2) is 12.8.